The van der Waals surface area contributed by atoms with Crippen molar-refractivity contribution in [1.29, 1.82) is 0 Å². The molecule has 2 fully saturated rings. The second kappa shape index (κ2) is 4.50. The van der Waals surface area contributed by atoms with Crippen LogP contribution in [-0.4, -0.2) is 39.3 Å². The lowest BCUT2D eigenvalue weighted by Crippen LogP contribution is -2.39. The Morgan fingerprint density at radius 1 is 1.41 bits per heavy atom. The fourth-order valence-electron chi connectivity index (χ4n) is 2.50. The Bertz CT molecular complexity index is 377. The fourth-order valence-corrected chi connectivity index (χ4v) is 2.88. The van der Waals surface area contributed by atoms with Gasteiger partial charge in [-0.15, -0.1) is 0 Å². The first-order valence-electron chi connectivity index (χ1n) is 6.02. The largest absolute Gasteiger partial charge is 0.344 e. The Hall–Kier alpha value is -0.170. The van der Waals surface area contributed by atoms with Crippen molar-refractivity contribution < 1.29 is 22.1 Å². The summed E-state index contributed by atoms with van der Waals surface area (Å²) >= 11 is 0. The van der Waals surface area contributed by atoms with E-state index in [4.69, 9.17) is 13.7 Å². The molecular formula is C11H20O5S. The molecule has 0 radical (unpaired) electrons. The van der Waals surface area contributed by atoms with Crippen LogP contribution in [0, 0.1) is 5.92 Å². The molecule has 0 aromatic carbocycles. The summed E-state index contributed by atoms with van der Waals surface area (Å²) in [6.45, 7) is 4.17. The minimum Gasteiger partial charge on any atom is -0.344 e. The van der Waals surface area contributed by atoms with E-state index >= 15 is 0 Å². The number of hydrogen-bond acceptors (Lipinski definition) is 5. The molecule has 0 aromatic heterocycles. The average molecular weight is 264 g/mol. The zero-order chi connectivity index (χ0) is 12.7. The van der Waals surface area contributed by atoms with Crippen molar-refractivity contribution in [3.8, 4) is 0 Å². The lowest BCUT2D eigenvalue weighted by molar-refractivity contribution is -0.221. The molecule has 0 aromatic rings. The van der Waals surface area contributed by atoms with E-state index in [-0.39, 0.29) is 24.7 Å². The van der Waals surface area contributed by atoms with Crippen LogP contribution in [0.4, 0.5) is 0 Å². The van der Waals surface area contributed by atoms with Crippen LogP contribution in [0.3, 0.4) is 0 Å². The summed E-state index contributed by atoms with van der Waals surface area (Å²) in [4.78, 5) is 0. The third kappa shape index (κ3) is 2.81. The van der Waals surface area contributed by atoms with Gasteiger partial charge in [-0.2, -0.15) is 8.42 Å². The molecule has 2 aliphatic rings. The summed E-state index contributed by atoms with van der Waals surface area (Å²) in [7, 11) is -3.42. The van der Waals surface area contributed by atoms with Crippen LogP contribution < -0.4 is 0 Å². The lowest BCUT2D eigenvalue weighted by Gasteiger charge is -2.34. The van der Waals surface area contributed by atoms with Gasteiger partial charge in [0.25, 0.3) is 10.1 Å². The van der Waals surface area contributed by atoms with E-state index in [0.29, 0.717) is 0 Å². The zero-order valence-electron chi connectivity index (χ0n) is 10.5. The molecule has 0 aliphatic carbocycles. The van der Waals surface area contributed by atoms with Gasteiger partial charge < -0.3 is 9.47 Å². The van der Waals surface area contributed by atoms with E-state index in [9.17, 15) is 8.42 Å². The number of ether oxygens (including phenoxy) is 2. The monoisotopic (exact) mass is 264 g/mol. The zero-order valence-corrected chi connectivity index (χ0v) is 11.3. The molecule has 2 aliphatic heterocycles. The van der Waals surface area contributed by atoms with Crippen LogP contribution in [0.1, 0.15) is 33.1 Å². The fraction of sp³-hybridized carbons (Fsp3) is 1.00. The van der Waals surface area contributed by atoms with E-state index in [1.165, 1.54) is 0 Å². The van der Waals surface area contributed by atoms with Gasteiger partial charge in [-0.3, -0.25) is 4.18 Å². The molecule has 2 saturated heterocycles. The van der Waals surface area contributed by atoms with Gasteiger partial charge in [0.1, 0.15) is 6.10 Å². The standard InChI is InChI=1S/C11H20O5S/c1-8(2)11-6-4-5-9(15-11)10(16-11)7-14-17(3,12)13/h8-10H,4-7H2,1-3H3/t9-,10-,11+/m0/s1. The maximum absolute atomic E-state index is 11.0. The molecule has 2 rings (SSSR count). The van der Waals surface area contributed by atoms with Gasteiger partial charge in [-0.25, -0.2) is 0 Å². The first kappa shape index (κ1) is 13.3. The van der Waals surface area contributed by atoms with Crippen molar-refractivity contribution in [3.05, 3.63) is 0 Å². The van der Waals surface area contributed by atoms with Crippen molar-refractivity contribution in [2.24, 2.45) is 5.92 Å². The highest BCUT2D eigenvalue weighted by Gasteiger charge is 2.52. The van der Waals surface area contributed by atoms with E-state index < -0.39 is 15.9 Å². The van der Waals surface area contributed by atoms with Crippen LogP contribution in [0.5, 0.6) is 0 Å². The molecule has 0 unspecified atom stereocenters. The highest BCUT2D eigenvalue weighted by atomic mass is 32.2. The molecule has 3 atom stereocenters. The molecule has 17 heavy (non-hydrogen) atoms. The summed E-state index contributed by atoms with van der Waals surface area (Å²) < 4.78 is 38.6. The van der Waals surface area contributed by atoms with Crippen LogP contribution in [-0.2, 0) is 23.8 Å². The Morgan fingerprint density at radius 2 is 2.12 bits per heavy atom. The topological polar surface area (TPSA) is 61.8 Å². The van der Waals surface area contributed by atoms with Crippen LogP contribution >= 0.6 is 0 Å². The van der Waals surface area contributed by atoms with Gasteiger partial charge in [0, 0.05) is 12.3 Å². The lowest BCUT2D eigenvalue weighted by atomic mass is 9.94. The number of hydrogen-bond donors (Lipinski definition) is 0. The summed E-state index contributed by atoms with van der Waals surface area (Å²) in [5, 5.41) is 0. The Labute approximate surface area is 103 Å². The van der Waals surface area contributed by atoms with Gasteiger partial charge in [-0.1, -0.05) is 13.8 Å². The normalized spacial score (nSPS) is 37.6. The predicted molar refractivity (Wildman–Crippen MR) is 62.0 cm³/mol. The molecule has 2 bridgehead atoms. The highest BCUT2D eigenvalue weighted by Crippen LogP contribution is 2.44. The molecule has 0 N–H and O–H groups in total. The van der Waals surface area contributed by atoms with Crippen molar-refractivity contribution >= 4 is 10.1 Å². The Morgan fingerprint density at radius 3 is 2.65 bits per heavy atom. The van der Waals surface area contributed by atoms with Gasteiger partial charge in [0.05, 0.1) is 19.0 Å². The third-order valence-corrected chi connectivity index (χ3v) is 4.02. The van der Waals surface area contributed by atoms with Crippen molar-refractivity contribution in [1.82, 2.24) is 0 Å². The molecule has 6 heteroatoms. The quantitative estimate of drug-likeness (QED) is 0.716. The van der Waals surface area contributed by atoms with Crippen LogP contribution in [0.2, 0.25) is 0 Å². The minimum absolute atomic E-state index is 0.0344. The molecule has 0 amide bonds. The minimum atomic E-state index is -3.42. The van der Waals surface area contributed by atoms with Gasteiger partial charge >= 0.3 is 0 Å². The molecular weight excluding hydrogens is 244 g/mol. The van der Waals surface area contributed by atoms with Gasteiger partial charge in [0.2, 0.25) is 0 Å². The predicted octanol–water partition coefficient (Wildman–Crippen LogP) is 1.28. The molecule has 5 nitrogen and oxygen atoms in total. The molecule has 0 saturated carbocycles. The summed E-state index contributed by atoms with van der Waals surface area (Å²) in [6, 6.07) is 0. The second-order valence-corrected chi connectivity index (χ2v) is 6.80. The third-order valence-electron chi connectivity index (χ3n) is 3.46. The van der Waals surface area contributed by atoms with E-state index in [0.717, 1.165) is 25.5 Å². The van der Waals surface area contributed by atoms with Gasteiger partial charge in [0.15, 0.2) is 5.79 Å². The van der Waals surface area contributed by atoms with Crippen molar-refractivity contribution in [2.45, 2.75) is 51.1 Å². The molecule has 2 heterocycles. The Kier molecular flexibility index (Phi) is 3.51. The smallest absolute Gasteiger partial charge is 0.264 e. The first-order valence-corrected chi connectivity index (χ1v) is 7.84. The Balaban J connectivity index is 2.02. The SMILES string of the molecule is CC(C)[C@]12CCC[C@H](O1)[C@H](COS(C)(=O)=O)O2. The highest BCUT2D eigenvalue weighted by molar-refractivity contribution is 7.85. The van der Waals surface area contributed by atoms with Crippen molar-refractivity contribution in [2.75, 3.05) is 12.9 Å². The van der Waals surface area contributed by atoms with Gasteiger partial charge in [-0.05, 0) is 12.8 Å². The maximum Gasteiger partial charge on any atom is 0.264 e. The summed E-state index contributed by atoms with van der Waals surface area (Å²) in [5.41, 5.74) is 0. The van der Waals surface area contributed by atoms with Crippen molar-refractivity contribution in [3.63, 3.8) is 0 Å². The van der Waals surface area contributed by atoms with E-state index in [2.05, 4.69) is 13.8 Å². The second-order valence-electron chi connectivity index (χ2n) is 5.16. The van der Waals surface area contributed by atoms with Crippen LogP contribution in [0.25, 0.3) is 0 Å². The van der Waals surface area contributed by atoms with Crippen LogP contribution in [0.15, 0.2) is 0 Å². The summed E-state index contributed by atoms with van der Waals surface area (Å²) in [5.74, 6) is -0.275. The number of fused-ring (bicyclic) bond motifs is 2. The number of rotatable bonds is 4. The average Bonchev–Trinajstić information content (AvgIpc) is 2.47. The van der Waals surface area contributed by atoms with E-state index in [1.807, 2.05) is 0 Å². The summed E-state index contributed by atoms with van der Waals surface area (Å²) in [6.07, 6.45) is 3.58. The molecule has 100 valence electrons. The first-order chi connectivity index (χ1) is 7.82. The molecule has 0 spiro atoms. The maximum atomic E-state index is 11.0. The van der Waals surface area contributed by atoms with E-state index in [1.54, 1.807) is 0 Å².